The minimum Gasteiger partial charge on any atom is -0.379 e. The predicted molar refractivity (Wildman–Crippen MR) is 79.2 cm³/mol. The van der Waals surface area contributed by atoms with E-state index in [0.717, 1.165) is 38.4 Å². The Morgan fingerprint density at radius 2 is 1.90 bits per heavy atom. The van der Waals surface area contributed by atoms with Gasteiger partial charge in [0.1, 0.15) is 0 Å². The smallest absolute Gasteiger partial charge is 0.243 e. The van der Waals surface area contributed by atoms with E-state index >= 15 is 0 Å². The summed E-state index contributed by atoms with van der Waals surface area (Å²) < 4.78 is 5.34. The first-order valence-electron chi connectivity index (χ1n) is 7.06. The molecule has 0 unspecified atom stereocenters. The van der Waals surface area contributed by atoms with Crippen LogP contribution in [0, 0.1) is 0 Å². The lowest BCUT2D eigenvalue weighted by atomic mass is 10.1. The fraction of sp³-hybridized carbons (Fsp3) is 0.438. The van der Waals surface area contributed by atoms with Crippen molar-refractivity contribution >= 4 is 5.91 Å². The number of amides is 1. The van der Waals surface area contributed by atoms with Gasteiger partial charge in [-0.1, -0.05) is 30.3 Å². The average Bonchev–Trinajstić information content (AvgIpc) is 2.48. The largest absolute Gasteiger partial charge is 0.379 e. The van der Waals surface area contributed by atoms with E-state index in [1.807, 2.05) is 6.92 Å². The number of benzene rings is 1. The zero-order valence-corrected chi connectivity index (χ0v) is 12.0. The van der Waals surface area contributed by atoms with E-state index in [1.165, 1.54) is 11.6 Å². The van der Waals surface area contributed by atoms with Gasteiger partial charge >= 0.3 is 0 Å². The average molecular weight is 274 g/mol. The Bertz CT molecular complexity index is 448. The van der Waals surface area contributed by atoms with Crippen LogP contribution in [0.3, 0.4) is 0 Å². The maximum Gasteiger partial charge on any atom is 0.243 e. The number of carbonyl (C=O) groups excluding carboxylic acids is 1. The third kappa shape index (κ3) is 4.79. The van der Waals surface area contributed by atoms with Gasteiger partial charge in [0, 0.05) is 26.2 Å². The van der Waals surface area contributed by atoms with Crippen LogP contribution < -0.4 is 5.32 Å². The van der Waals surface area contributed by atoms with Gasteiger partial charge in [-0.2, -0.15) is 0 Å². The summed E-state index contributed by atoms with van der Waals surface area (Å²) in [7, 11) is 0. The van der Waals surface area contributed by atoms with Gasteiger partial charge in [0.2, 0.25) is 5.91 Å². The van der Waals surface area contributed by atoms with Gasteiger partial charge < -0.3 is 10.1 Å². The lowest BCUT2D eigenvalue weighted by molar-refractivity contribution is -0.116. The van der Waals surface area contributed by atoms with Crippen LogP contribution in [-0.2, 0) is 22.6 Å². The highest BCUT2D eigenvalue weighted by Crippen LogP contribution is 2.09. The molecule has 2 rings (SSSR count). The summed E-state index contributed by atoms with van der Waals surface area (Å²) in [6.45, 7) is 7.03. The van der Waals surface area contributed by atoms with Gasteiger partial charge in [-0.3, -0.25) is 9.69 Å². The SMILES string of the molecule is C/C=C/C(=O)NCc1ccc(CN2CCOCC2)cc1. The van der Waals surface area contributed by atoms with E-state index in [-0.39, 0.29) is 5.91 Å². The summed E-state index contributed by atoms with van der Waals surface area (Å²) in [5, 5.41) is 2.85. The van der Waals surface area contributed by atoms with Crippen molar-refractivity contribution in [3.8, 4) is 0 Å². The number of allylic oxidation sites excluding steroid dienone is 1. The quantitative estimate of drug-likeness (QED) is 0.831. The standard InChI is InChI=1S/C16H22N2O2/c1-2-3-16(19)17-12-14-4-6-15(7-5-14)13-18-8-10-20-11-9-18/h2-7H,8-13H2,1H3,(H,17,19)/b3-2+. The number of carbonyl (C=O) groups is 1. The highest BCUT2D eigenvalue weighted by Gasteiger charge is 2.10. The van der Waals surface area contributed by atoms with Crippen molar-refractivity contribution in [2.45, 2.75) is 20.0 Å². The Morgan fingerprint density at radius 3 is 2.55 bits per heavy atom. The van der Waals surface area contributed by atoms with Gasteiger partial charge in [0.15, 0.2) is 0 Å². The van der Waals surface area contributed by atoms with Gasteiger partial charge in [0.05, 0.1) is 13.2 Å². The molecular formula is C16H22N2O2. The number of nitrogens with one attached hydrogen (secondary N) is 1. The van der Waals surface area contributed by atoms with Crippen molar-refractivity contribution < 1.29 is 9.53 Å². The predicted octanol–water partition coefficient (Wildman–Crippen LogP) is 1.71. The molecule has 1 amide bonds. The van der Waals surface area contributed by atoms with Crippen LogP contribution in [0.2, 0.25) is 0 Å². The van der Waals surface area contributed by atoms with Crippen LogP contribution in [0.25, 0.3) is 0 Å². The van der Waals surface area contributed by atoms with E-state index in [9.17, 15) is 4.79 Å². The Labute approximate surface area is 120 Å². The molecule has 0 aliphatic carbocycles. The monoisotopic (exact) mass is 274 g/mol. The highest BCUT2D eigenvalue weighted by molar-refractivity contribution is 5.87. The molecule has 0 spiro atoms. The second-order valence-electron chi connectivity index (χ2n) is 4.92. The first-order chi connectivity index (χ1) is 9.78. The normalized spacial score (nSPS) is 16.4. The van der Waals surface area contributed by atoms with Crippen LogP contribution in [0.5, 0.6) is 0 Å². The molecule has 0 atom stereocenters. The van der Waals surface area contributed by atoms with Crippen LogP contribution in [-0.4, -0.2) is 37.1 Å². The molecule has 1 N–H and O–H groups in total. The minimum atomic E-state index is -0.0510. The Kier molecular flexibility index (Phi) is 5.77. The maximum atomic E-state index is 11.3. The van der Waals surface area contributed by atoms with Crippen molar-refractivity contribution in [3.63, 3.8) is 0 Å². The molecule has 0 saturated carbocycles. The van der Waals surface area contributed by atoms with Crippen molar-refractivity contribution in [2.75, 3.05) is 26.3 Å². The van der Waals surface area contributed by atoms with Crippen LogP contribution in [0.1, 0.15) is 18.1 Å². The second-order valence-corrected chi connectivity index (χ2v) is 4.92. The van der Waals surface area contributed by atoms with Crippen LogP contribution >= 0.6 is 0 Å². The topological polar surface area (TPSA) is 41.6 Å². The summed E-state index contributed by atoms with van der Waals surface area (Å²) in [6, 6.07) is 8.41. The third-order valence-electron chi connectivity index (χ3n) is 3.32. The van der Waals surface area contributed by atoms with E-state index < -0.39 is 0 Å². The van der Waals surface area contributed by atoms with E-state index in [1.54, 1.807) is 6.08 Å². The molecule has 1 saturated heterocycles. The molecule has 0 bridgehead atoms. The fourth-order valence-electron chi connectivity index (χ4n) is 2.18. The first-order valence-corrected chi connectivity index (χ1v) is 7.06. The fourth-order valence-corrected chi connectivity index (χ4v) is 2.18. The van der Waals surface area contributed by atoms with Crippen molar-refractivity contribution in [2.24, 2.45) is 0 Å². The first kappa shape index (κ1) is 14.8. The molecule has 1 aromatic rings. The lowest BCUT2D eigenvalue weighted by Crippen LogP contribution is -2.35. The van der Waals surface area contributed by atoms with Crippen LogP contribution in [0.4, 0.5) is 0 Å². The zero-order valence-electron chi connectivity index (χ0n) is 12.0. The molecular weight excluding hydrogens is 252 g/mol. The maximum absolute atomic E-state index is 11.3. The van der Waals surface area contributed by atoms with Crippen molar-refractivity contribution in [3.05, 3.63) is 47.5 Å². The molecule has 1 fully saturated rings. The van der Waals surface area contributed by atoms with Gasteiger partial charge in [0.25, 0.3) is 0 Å². The summed E-state index contributed by atoms with van der Waals surface area (Å²) in [4.78, 5) is 13.7. The number of rotatable bonds is 5. The zero-order chi connectivity index (χ0) is 14.2. The molecule has 108 valence electrons. The highest BCUT2D eigenvalue weighted by atomic mass is 16.5. The number of hydrogen-bond acceptors (Lipinski definition) is 3. The summed E-state index contributed by atoms with van der Waals surface area (Å²) in [6.07, 6.45) is 3.27. The van der Waals surface area contributed by atoms with Crippen molar-refractivity contribution in [1.29, 1.82) is 0 Å². The number of nitrogens with zero attached hydrogens (tertiary/aromatic N) is 1. The minimum absolute atomic E-state index is 0.0510. The summed E-state index contributed by atoms with van der Waals surface area (Å²) in [5.74, 6) is -0.0510. The summed E-state index contributed by atoms with van der Waals surface area (Å²) >= 11 is 0. The lowest BCUT2D eigenvalue weighted by Gasteiger charge is -2.26. The number of morpholine rings is 1. The molecule has 1 aliphatic rings. The second kappa shape index (κ2) is 7.82. The summed E-state index contributed by atoms with van der Waals surface area (Å²) in [5.41, 5.74) is 2.42. The van der Waals surface area contributed by atoms with Crippen molar-refractivity contribution in [1.82, 2.24) is 10.2 Å². The molecule has 0 radical (unpaired) electrons. The van der Waals surface area contributed by atoms with E-state index in [4.69, 9.17) is 4.74 Å². The number of ether oxygens (including phenoxy) is 1. The molecule has 0 aromatic heterocycles. The third-order valence-corrected chi connectivity index (χ3v) is 3.32. The van der Waals surface area contributed by atoms with Gasteiger partial charge in [-0.25, -0.2) is 0 Å². The van der Waals surface area contributed by atoms with Crippen LogP contribution in [0.15, 0.2) is 36.4 Å². The van der Waals surface area contributed by atoms with Gasteiger partial charge in [-0.15, -0.1) is 0 Å². The molecule has 4 nitrogen and oxygen atoms in total. The molecule has 1 aromatic carbocycles. The molecule has 4 heteroatoms. The number of hydrogen-bond donors (Lipinski definition) is 1. The van der Waals surface area contributed by atoms with Gasteiger partial charge in [-0.05, 0) is 24.1 Å². The van der Waals surface area contributed by atoms with E-state index in [2.05, 4.69) is 34.5 Å². The molecule has 20 heavy (non-hydrogen) atoms. The molecule has 1 aliphatic heterocycles. The Hall–Kier alpha value is -1.65. The Balaban J connectivity index is 1.81. The molecule has 1 heterocycles. The Morgan fingerprint density at radius 1 is 1.25 bits per heavy atom. The van der Waals surface area contributed by atoms with E-state index in [0.29, 0.717) is 6.54 Å².